The molecular formula is C22H25FN2O3S. The summed E-state index contributed by atoms with van der Waals surface area (Å²) in [5.74, 6) is -0.451. The van der Waals surface area contributed by atoms with Crippen molar-refractivity contribution >= 4 is 21.6 Å². The van der Waals surface area contributed by atoms with E-state index in [1.54, 1.807) is 30.3 Å². The average molecular weight is 417 g/mol. The molecule has 1 heterocycles. The quantitative estimate of drug-likeness (QED) is 0.802. The van der Waals surface area contributed by atoms with Crippen molar-refractivity contribution in [3.05, 3.63) is 59.9 Å². The zero-order valence-corrected chi connectivity index (χ0v) is 17.2. The first-order valence-electron chi connectivity index (χ1n) is 10.0. The van der Waals surface area contributed by atoms with E-state index in [1.807, 2.05) is 0 Å². The maximum Gasteiger partial charge on any atom is 0.243 e. The normalized spacial score (nSPS) is 24.8. The van der Waals surface area contributed by atoms with Crippen LogP contribution in [0.4, 0.5) is 10.1 Å². The van der Waals surface area contributed by atoms with Gasteiger partial charge in [-0.05, 0) is 67.0 Å². The molecule has 0 aromatic heterocycles. The summed E-state index contributed by atoms with van der Waals surface area (Å²) >= 11 is 0. The second kappa shape index (κ2) is 7.88. The van der Waals surface area contributed by atoms with Gasteiger partial charge >= 0.3 is 0 Å². The summed E-state index contributed by atoms with van der Waals surface area (Å²) in [6, 6.07) is 12.8. The van der Waals surface area contributed by atoms with Crippen molar-refractivity contribution in [1.82, 2.24) is 4.31 Å². The van der Waals surface area contributed by atoms with Crippen LogP contribution >= 0.6 is 0 Å². The second-order valence-corrected chi connectivity index (χ2v) is 10.0. The van der Waals surface area contributed by atoms with Gasteiger partial charge in [-0.3, -0.25) is 4.79 Å². The first-order valence-corrected chi connectivity index (χ1v) is 11.5. The van der Waals surface area contributed by atoms with Crippen LogP contribution in [0.25, 0.3) is 0 Å². The third-order valence-electron chi connectivity index (χ3n) is 5.81. The molecule has 7 heteroatoms. The Bertz CT molecular complexity index is 1010. The summed E-state index contributed by atoms with van der Waals surface area (Å²) in [6.45, 7) is 3.15. The van der Waals surface area contributed by atoms with Gasteiger partial charge in [-0.1, -0.05) is 25.1 Å². The third-order valence-corrected chi connectivity index (χ3v) is 7.69. The summed E-state index contributed by atoms with van der Waals surface area (Å²) < 4.78 is 41.1. The highest BCUT2D eigenvalue weighted by molar-refractivity contribution is 7.89. The third kappa shape index (κ3) is 4.21. The molecule has 1 N–H and O–H groups in total. The fourth-order valence-electron chi connectivity index (χ4n) is 4.06. The van der Waals surface area contributed by atoms with Crippen molar-refractivity contribution in [2.45, 2.75) is 37.0 Å². The molecule has 2 aliphatic rings. The summed E-state index contributed by atoms with van der Waals surface area (Å²) in [5, 5.41) is 2.82. The number of sulfonamides is 1. The number of hydrogen-bond donors (Lipinski definition) is 1. The molecule has 4 rings (SSSR count). The monoisotopic (exact) mass is 416 g/mol. The first-order chi connectivity index (χ1) is 13.9. The Balaban J connectivity index is 1.40. The van der Waals surface area contributed by atoms with Crippen LogP contribution in [0.1, 0.15) is 37.7 Å². The Hall–Kier alpha value is -2.25. The largest absolute Gasteiger partial charge is 0.326 e. The van der Waals surface area contributed by atoms with E-state index in [2.05, 4.69) is 12.2 Å². The molecule has 5 nitrogen and oxygen atoms in total. The minimum absolute atomic E-state index is 0.100. The van der Waals surface area contributed by atoms with Crippen LogP contribution in [-0.2, 0) is 14.8 Å². The molecule has 0 bridgehead atoms. The number of carbonyl (C=O) groups excluding carboxylic acids is 1. The van der Waals surface area contributed by atoms with E-state index in [-0.39, 0.29) is 28.5 Å². The first kappa shape index (κ1) is 20.0. The van der Waals surface area contributed by atoms with Crippen molar-refractivity contribution in [3.63, 3.8) is 0 Å². The highest BCUT2D eigenvalue weighted by Gasteiger charge is 2.45. The summed E-state index contributed by atoms with van der Waals surface area (Å²) in [4.78, 5) is 12.7. The topological polar surface area (TPSA) is 66.5 Å². The standard InChI is InChI=1S/C22H25FN2O3S/c1-15-5-4-12-25(14-15)29(27,28)17-10-8-16(9-11-17)24-22(26)20-13-19(20)18-6-2-3-7-21(18)23/h2-3,6-11,15,19-20H,4-5,12-14H2,1H3,(H,24,26). The lowest BCUT2D eigenvalue weighted by Crippen LogP contribution is -2.39. The Morgan fingerprint density at radius 2 is 1.86 bits per heavy atom. The maximum absolute atomic E-state index is 13.9. The van der Waals surface area contributed by atoms with Crippen LogP contribution in [0.3, 0.4) is 0 Å². The van der Waals surface area contributed by atoms with Gasteiger partial charge in [-0.2, -0.15) is 4.31 Å². The number of halogens is 1. The molecule has 1 aliphatic carbocycles. The molecule has 154 valence electrons. The van der Waals surface area contributed by atoms with E-state index in [0.717, 1.165) is 12.8 Å². The number of anilines is 1. The van der Waals surface area contributed by atoms with Crippen molar-refractivity contribution in [2.24, 2.45) is 11.8 Å². The van der Waals surface area contributed by atoms with Gasteiger partial charge in [0.2, 0.25) is 15.9 Å². The van der Waals surface area contributed by atoms with Crippen LogP contribution in [0, 0.1) is 17.7 Å². The maximum atomic E-state index is 13.9. The highest BCUT2D eigenvalue weighted by atomic mass is 32.2. The molecule has 29 heavy (non-hydrogen) atoms. The SMILES string of the molecule is CC1CCCN(S(=O)(=O)c2ccc(NC(=O)C3CC3c3ccccc3F)cc2)C1. The minimum atomic E-state index is -3.51. The molecule has 3 atom stereocenters. The van der Waals surface area contributed by atoms with E-state index in [0.29, 0.717) is 36.7 Å². The van der Waals surface area contributed by atoms with Crippen LogP contribution in [0.5, 0.6) is 0 Å². The van der Waals surface area contributed by atoms with E-state index < -0.39 is 10.0 Å². The molecule has 1 amide bonds. The average Bonchev–Trinajstić information content (AvgIpc) is 3.49. The molecule has 0 radical (unpaired) electrons. The molecule has 0 spiro atoms. The molecule has 1 saturated carbocycles. The number of nitrogens with zero attached hydrogens (tertiary/aromatic N) is 1. The number of rotatable bonds is 5. The van der Waals surface area contributed by atoms with Gasteiger partial charge in [0.05, 0.1) is 4.90 Å². The van der Waals surface area contributed by atoms with Crippen LogP contribution in [0.2, 0.25) is 0 Å². The fraction of sp³-hybridized carbons (Fsp3) is 0.409. The van der Waals surface area contributed by atoms with Gasteiger partial charge in [0.25, 0.3) is 0 Å². The van der Waals surface area contributed by atoms with Gasteiger partial charge < -0.3 is 5.32 Å². The number of carbonyl (C=O) groups is 1. The van der Waals surface area contributed by atoms with Crippen LogP contribution < -0.4 is 5.32 Å². The second-order valence-electron chi connectivity index (χ2n) is 8.09. The Kier molecular flexibility index (Phi) is 5.44. The highest BCUT2D eigenvalue weighted by Crippen LogP contribution is 2.48. The molecular weight excluding hydrogens is 391 g/mol. The van der Waals surface area contributed by atoms with E-state index in [4.69, 9.17) is 0 Å². The summed E-state index contributed by atoms with van der Waals surface area (Å²) in [7, 11) is -3.51. The predicted octanol–water partition coefficient (Wildman–Crippen LogP) is 3.99. The van der Waals surface area contributed by atoms with Crippen LogP contribution in [-0.4, -0.2) is 31.7 Å². The van der Waals surface area contributed by atoms with Gasteiger partial charge in [-0.25, -0.2) is 12.8 Å². The van der Waals surface area contributed by atoms with Gasteiger partial charge in [0, 0.05) is 24.7 Å². The number of amides is 1. The summed E-state index contributed by atoms with van der Waals surface area (Å²) in [6.07, 6.45) is 2.54. The number of piperidine rings is 1. The van der Waals surface area contributed by atoms with E-state index >= 15 is 0 Å². The summed E-state index contributed by atoms with van der Waals surface area (Å²) in [5.41, 5.74) is 1.12. The van der Waals surface area contributed by atoms with Crippen molar-refractivity contribution in [2.75, 3.05) is 18.4 Å². The predicted molar refractivity (Wildman–Crippen MR) is 109 cm³/mol. The molecule has 2 fully saturated rings. The van der Waals surface area contributed by atoms with Gasteiger partial charge in [0.1, 0.15) is 5.82 Å². The number of hydrogen-bond acceptors (Lipinski definition) is 3. The lowest BCUT2D eigenvalue weighted by atomic mass is 10.0. The lowest BCUT2D eigenvalue weighted by Gasteiger charge is -2.30. The molecule has 3 unspecified atom stereocenters. The molecule has 1 aliphatic heterocycles. The van der Waals surface area contributed by atoms with Crippen LogP contribution in [0.15, 0.2) is 53.4 Å². The molecule has 2 aromatic carbocycles. The number of nitrogens with one attached hydrogen (secondary N) is 1. The Morgan fingerprint density at radius 3 is 2.55 bits per heavy atom. The number of benzene rings is 2. The Labute approximate surface area is 171 Å². The van der Waals surface area contributed by atoms with Crippen molar-refractivity contribution in [3.8, 4) is 0 Å². The fourth-order valence-corrected chi connectivity index (χ4v) is 5.66. The van der Waals surface area contributed by atoms with Crippen molar-refractivity contribution < 1.29 is 17.6 Å². The Morgan fingerprint density at radius 1 is 1.14 bits per heavy atom. The van der Waals surface area contributed by atoms with Crippen molar-refractivity contribution in [1.29, 1.82) is 0 Å². The minimum Gasteiger partial charge on any atom is -0.326 e. The van der Waals surface area contributed by atoms with Gasteiger partial charge in [0.15, 0.2) is 0 Å². The zero-order chi connectivity index (χ0) is 20.6. The lowest BCUT2D eigenvalue weighted by molar-refractivity contribution is -0.117. The zero-order valence-electron chi connectivity index (χ0n) is 16.3. The van der Waals surface area contributed by atoms with Gasteiger partial charge in [-0.15, -0.1) is 0 Å². The van der Waals surface area contributed by atoms with E-state index in [1.165, 1.54) is 22.5 Å². The molecule has 2 aromatic rings. The smallest absolute Gasteiger partial charge is 0.243 e. The molecule has 1 saturated heterocycles. The van der Waals surface area contributed by atoms with E-state index in [9.17, 15) is 17.6 Å².